The van der Waals surface area contributed by atoms with Gasteiger partial charge in [0.05, 0.1) is 6.54 Å². The standard InChI is InChI=1S/C16H22ClF3N4S/c1-21-15(22-7-9-25-14-4-2-12(17)3-5-14)23-13-6-8-24(10-13)11-16(18,19)20/h2-5,13H,6-11H2,1H3,(H2,21,22,23). The minimum atomic E-state index is -4.15. The van der Waals surface area contributed by atoms with E-state index in [1.54, 1.807) is 18.8 Å². The number of aliphatic imine (C=N–C) groups is 1. The number of hydrogen-bond donors (Lipinski definition) is 2. The number of thioether (sulfide) groups is 1. The molecule has 0 saturated carbocycles. The summed E-state index contributed by atoms with van der Waals surface area (Å²) in [6.45, 7) is 0.668. The molecule has 1 aliphatic rings. The Kier molecular flexibility index (Phi) is 7.71. The Labute approximate surface area is 155 Å². The first kappa shape index (κ1) is 20.2. The van der Waals surface area contributed by atoms with Gasteiger partial charge in [0.2, 0.25) is 0 Å². The van der Waals surface area contributed by atoms with Gasteiger partial charge in [0.1, 0.15) is 0 Å². The summed E-state index contributed by atoms with van der Waals surface area (Å²) in [5.41, 5.74) is 0. The van der Waals surface area contributed by atoms with Crippen LogP contribution >= 0.6 is 23.4 Å². The molecule has 1 aliphatic heterocycles. The second-order valence-electron chi connectivity index (χ2n) is 5.78. The van der Waals surface area contributed by atoms with E-state index in [4.69, 9.17) is 11.6 Å². The number of guanidine groups is 1. The summed E-state index contributed by atoms with van der Waals surface area (Å²) in [6.07, 6.45) is -3.47. The Morgan fingerprint density at radius 1 is 1.36 bits per heavy atom. The van der Waals surface area contributed by atoms with Crippen molar-refractivity contribution in [3.05, 3.63) is 29.3 Å². The van der Waals surface area contributed by atoms with Crippen LogP contribution in [-0.4, -0.2) is 62.1 Å². The van der Waals surface area contributed by atoms with Crippen molar-refractivity contribution in [2.45, 2.75) is 23.5 Å². The Morgan fingerprint density at radius 2 is 2.08 bits per heavy atom. The number of rotatable bonds is 6. The van der Waals surface area contributed by atoms with Gasteiger partial charge in [-0.2, -0.15) is 13.2 Å². The Morgan fingerprint density at radius 3 is 2.72 bits per heavy atom. The van der Waals surface area contributed by atoms with Crippen LogP contribution in [0.2, 0.25) is 5.02 Å². The molecule has 9 heteroatoms. The number of hydrogen-bond acceptors (Lipinski definition) is 3. The molecule has 1 unspecified atom stereocenters. The van der Waals surface area contributed by atoms with E-state index in [0.717, 1.165) is 10.6 Å². The molecule has 140 valence electrons. The van der Waals surface area contributed by atoms with E-state index in [2.05, 4.69) is 15.6 Å². The lowest BCUT2D eigenvalue weighted by molar-refractivity contribution is -0.143. The van der Waals surface area contributed by atoms with E-state index in [9.17, 15) is 13.2 Å². The summed E-state index contributed by atoms with van der Waals surface area (Å²) in [4.78, 5) is 6.68. The topological polar surface area (TPSA) is 39.7 Å². The minimum Gasteiger partial charge on any atom is -0.356 e. The molecular formula is C16H22ClF3N4S. The van der Waals surface area contributed by atoms with Gasteiger partial charge in [-0.05, 0) is 30.7 Å². The maximum atomic E-state index is 12.4. The Hall–Kier alpha value is -1.12. The Bertz CT molecular complexity index is 565. The lowest BCUT2D eigenvalue weighted by Gasteiger charge is -2.19. The molecule has 1 fully saturated rings. The number of likely N-dealkylation sites (tertiary alicyclic amines) is 1. The third-order valence-electron chi connectivity index (χ3n) is 3.72. The van der Waals surface area contributed by atoms with Gasteiger partial charge in [-0.15, -0.1) is 11.8 Å². The molecule has 0 aliphatic carbocycles. The Balaban J connectivity index is 1.66. The van der Waals surface area contributed by atoms with E-state index < -0.39 is 12.7 Å². The highest BCUT2D eigenvalue weighted by molar-refractivity contribution is 7.99. The van der Waals surface area contributed by atoms with Gasteiger partial charge in [-0.1, -0.05) is 11.6 Å². The molecule has 1 aromatic carbocycles. The largest absolute Gasteiger partial charge is 0.401 e. The third-order valence-corrected chi connectivity index (χ3v) is 4.98. The quantitative estimate of drug-likeness (QED) is 0.336. The van der Waals surface area contributed by atoms with Crippen LogP contribution in [0.3, 0.4) is 0 Å². The van der Waals surface area contributed by atoms with Gasteiger partial charge in [0, 0.05) is 48.4 Å². The summed E-state index contributed by atoms with van der Waals surface area (Å²) in [7, 11) is 1.66. The highest BCUT2D eigenvalue weighted by Crippen LogP contribution is 2.20. The molecule has 1 atom stereocenters. The summed E-state index contributed by atoms with van der Waals surface area (Å²) < 4.78 is 37.3. The molecule has 0 spiro atoms. The number of halogens is 4. The zero-order chi connectivity index (χ0) is 18.3. The van der Waals surface area contributed by atoms with Crippen LogP contribution in [0.15, 0.2) is 34.2 Å². The van der Waals surface area contributed by atoms with Crippen LogP contribution in [0.4, 0.5) is 13.2 Å². The summed E-state index contributed by atoms with van der Waals surface area (Å²) in [5.74, 6) is 1.46. The van der Waals surface area contributed by atoms with Crippen molar-refractivity contribution in [3.63, 3.8) is 0 Å². The molecule has 1 heterocycles. The molecule has 0 aromatic heterocycles. The summed E-state index contributed by atoms with van der Waals surface area (Å²) in [5, 5.41) is 7.09. The highest BCUT2D eigenvalue weighted by Gasteiger charge is 2.34. The van der Waals surface area contributed by atoms with Crippen molar-refractivity contribution in [1.82, 2.24) is 15.5 Å². The number of nitrogens with zero attached hydrogens (tertiary/aromatic N) is 2. The van der Waals surface area contributed by atoms with Crippen LogP contribution in [0.5, 0.6) is 0 Å². The smallest absolute Gasteiger partial charge is 0.356 e. The van der Waals surface area contributed by atoms with Gasteiger partial charge in [0.15, 0.2) is 5.96 Å². The molecule has 2 N–H and O–H groups in total. The van der Waals surface area contributed by atoms with Gasteiger partial charge in [-0.25, -0.2) is 0 Å². The van der Waals surface area contributed by atoms with Crippen LogP contribution < -0.4 is 10.6 Å². The maximum Gasteiger partial charge on any atom is 0.401 e. The molecule has 0 amide bonds. The van der Waals surface area contributed by atoms with E-state index in [0.29, 0.717) is 37.0 Å². The van der Waals surface area contributed by atoms with Crippen molar-refractivity contribution in [2.75, 3.05) is 39.0 Å². The summed E-state index contributed by atoms with van der Waals surface area (Å²) in [6, 6.07) is 7.62. The van der Waals surface area contributed by atoms with Crippen LogP contribution in [0.1, 0.15) is 6.42 Å². The molecule has 2 rings (SSSR count). The molecule has 0 radical (unpaired) electrons. The first-order valence-electron chi connectivity index (χ1n) is 8.00. The average molecular weight is 395 g/mol. The average Bonchev–Trinajstić information content (AvgIpc) is 2.97. The zero-order valence-corrected chi connectivity index (χ0v) is 15.5. The van der Waals surface area contributed by atoms with E-state index in [1.165, 1.54) is 4.90 Å². The number of alkyl halides is 3. The minimum absolute atomic E-state index is 0.0162. The molecule has 1 saturated heterocycles. The summed E-state index contributed by atoms with van der Waals surface area (Å²) >= 11 is 7.54. The van der Waals surface area contributed by atoms with Crippen molar-refractivity contribution >= 4 is 29.3 Å². The number of benzene rings is 1. The monoisotopic (exact) mass is 394 g/mol. The van der Waals surface area contributed by atoms with E-state index >= 15 is 0 Å². The lowest BCUT2D eigenvalue weighted by Crippen LogP contribution is -2.45. The molecule has 4 nitrogen and oxygen atoms in total. The fraction of sp³-hybridized carbons (Fsp3) is 0.562. The van der Waals surface area contributed by atoms with E-state index in [1.807, 2.05) is 24.3 Å². The van der Waals surface area contributed by atoms with E-state index in [-0.39, 0.29) is 6.04 Å². The predicted octanol–water partition coefficient (Wildman–Crippen LogP) is 3.23. The molecule has 25 heavy (non-hydrogen) atoms. The molecular weight excluding hydrogens is 373 g/mol. The first-order chi connectivity index (χ1) is 11.9. The zero-order valence-electron chi connectivity index (χ0n) is 13.9. The second kappa shape index (κ2) is 9.54. The van der Waals surface area contributed by atoms with Crippen molar-refractivity contribution in [3.8, 4) is 0 Å². The normalized spacial score (nSPS) is 19.2. The maximum absolute atomic E-state index is 12.4. The van der Waals surface area contributed by atoms with Crippen molar-refractivity contribution in [1.29, 1.82) is 0 Å². The molecule has 1 aromatic rings. The van der Waals surface area contributed by atoms with Crippen LogP contribution in [-0.2, 0) is 0 Å². The van der Waals surface area contributed by atoms with Crippen molar-refractivity contribution in [2.24, 2.45) is 4.99 Å². The molecule has 0 bridgehead atoms. The second-order valence-corrected chi connectivity index (χ2v) is 7.39. The van der Waals surface area contributed by atoms with Gasteiger partial charge in [0.25, 0.3) is 0 Å². The van der Waals surface area contributed by atoms with Gasteiger partial charge < -0.3 is 10.6 Å². The first-order valence-corrected chi connectivity index (χ1v) is 9.37. The fourth-order valence-corrected chi connectivity index (χ4v) is 3.50. The third kappa shape index (κ3) is 7.75. The SMILES string of the molecule is CN=C(NCCSc1ccc(Cl)cc1)NC1CCN(CC(F)(F)F)C1. The predicted molar refractivity (Wildman–Crippen MR) is 97.6 cm³/mol. The number of nitrogens with one attached hydrogen (secondary N) is 2. The highest BCUT2D eigenvalue weighted by atomic mass is 35.5. The van der Waals surface area contributed by atoms with Gasteiger partial charge in [-0.3, -0.25) is 9.89 Å². The van der Waals surface area contributed by atoms with Gasteiger partial charge >= 0.3 is 6.18 Å². The van der Waals surface area contributed by atoms with Crippen molar-refractivity contribution < 1.29 is 13.2 Å². The van der Waals surface area contributed by atoms with Crippen LogP contribution in [0.25, 0.3) is 0 Å². The lowest BCUT2D eigenvalue weighted by atomic mass is 10.3. The van der Waals surface area contributed by atoms with Crippen LogP contribution in [0, 0.1) is 0 Å². The fourth-order valence-electron chi connectivity index (χ4n) is 2.60.